The van der Waals surface area contributed by atoms with Crippen LogP contribution in [0.15, 0.2) is 29.6 Å². The van der Waals surface area contributed by atoms with Crippen molar-refractivity contribution < 1.29 is 18.0 Å². The molecule has 0 spiro atoms. The summed E-state index contributed by atoms with van der Waals surface area (Å²) in [5.41, 5.74) is 4.74. The highest BCUT2D eigenvalue weighted by Crippen LogP contribution is 2.37. The number of nitrogens with zero attached hydrogens (tertiary/aromatic N) is 1. The molecular formula is C14H14F3N3OS. The fourth-order valence-corrected chi connectivity index (χ4v) is 2.58. The first kappa shape index (κ1) is 16.4. The molecule has 0 bridgehead atoms. The normalized spacial score (nSPS) is 11.5. The van der Waals surface area contributed by atoms with Crippen LogP contribution in [0.5, 0.6) is 0 Å². The SMILES string of the molecule is NCCCC(=O)Nc1nc(-c2ccccc2C(F)(F)F)cs1. The van der Waals surface area contributed by atoms with E-state index in [0.29, 0.717) is 13.0 Å². The van der Waals surface area contributed by atoms with Gasteiger partial charge in [-0.2, -0.15) is 13.2 Å². The zero-order chi connectivity index (χ0) is 16.2. The molecule has 1 aromatic carbocycles. The second-order valence-corrected chi connectivity index (χ2v) is 5.38. The molecule has 8 heteroatoms. The van der Waals surface area contributed by atoms with Crippen molar-refractivity contribution in [1.82, 2.24) is 4.98 Å². The van der Waals surface area contributed by atoms with Gasteiger partial charge in [-0.3, -0.25) is 4.79 Å². The summed E-state index contributed by atoms with van der Waals surface area (Å²) in [4.78, 5) is 15.6. The molecule has 2 aromatic rings. The van der Waals surface area contributed by atoms with Crippen LogP contribution in [0.2, 0.25) is 0 Å². The standard InChI is InChI=1S/C14H14F3N3OS/c15-14(16,17)10-5-2-1-4-9(10)11-8-22-13(19-11)20-12(21)6-3-7-18/h1-2,4-5,8H,3,6-7,18H2,(H,19,20,21). The number of alkyl halides is 3. The first-order chi connectivity index (χ1) is 10.4. The average molecular weight is 329 g/mol. The van der Waals surface area contributed by atoms with Gasteiger partial charge in [0.05, 0.1) is 11.3 Å². The molecular weight excluding hydrogens is 315 g/mol. The molecule has 1 heterocycles. The summed E-state index contributed by atoms with van der Waals surface area (Å²) < 4.78 is 39.0. The van der Waals surface area contributed by atoms with Crippen molar-refractivity contribution in [3.8, 4) is 11.3 Å². The second kappa shape index (κ2) is 6.89. The van der Waals surface area contributed by atoms with Crippen LogP contribution in [0.1, 0.15) is 18.4 Å². The first-order valence-corrected chi connectivity index (χ1v) is 7.42. The van der Waals surface area contributed by atoms with Crippen LogP contribution in [0.25, 0.3) is 11.3 Å². The van der Waals surface area contributed by atoms with Crippen molar-refractivity contribution in [2.75, 3.05) is 11.9 Å². The molecule has 0 aliphatic rings. The molecule has 0 saturated carbocycles. The predicted octanol–water partition coefficient (Wildman–Crippen LogP) is 3.51. The Morgan fingerprint density at radius 3 is 2.73 bits per heavy atom. The number of anilines is 1. The second-order valence-electron chi connectivity index (χ2n) is 4.52. The van der Waals surface area contributed by atoms with E-state index in [1.54, 1.807) is 0 Å². The zero-order valence-electron chi connectivity index (χ0n) is 11.5. The Bertz CT molecular complexity index is 655. The monoisotopic (exact) mass is 329 g/mol. The summed E-state index contributed by atoms with van der Waals surface area (Å²) in [6.45, 7) is 0.398. The van der Waals surface area contributed by atoms with Crippen LogP contribution in [0.4, 0.5) is 18.3 Å². The molecule has 22 heavy (non-hydrogen) atoms. The van der Waals surface area contributed by atoms with Gasteiger partial charge in [-0.05, 0) is 19.0 Å². The molecule has 0 unspecified atom stereocenters. The van der Waals surface area contributed by atoms with Crippen LogP contribution >= 0.6 is 11.3 Å². The van der Waals surface area contributed by atoms with Gasteiger partial charge in [0, 0.05) is 17.4 Å². The van der Waals surface area contributed by atoms with E-state index in [4.69, 9.17) is 5.73 Å². The Morgan fingerprint density at radius 1 is 1.32 bits per heavy atom. The summed E-state index contributed by atoms with van der Waals surface area (Å²) in [6, 6.07) is 5.21. The third kappa shape index (κ3) is 4.05. The molecule has 2 rings (SSSR count). The molecule has 0 aliphatic carbocycles. The Morgan fingerprint density at radius 2 is 2.05 bits per heavy atom. The summed E-state index contributed by atoms with van der Waals surface area (Å²) in [7, 11) is 0. The molecule has 1 amide bonds. The molecule has 0 atom stereocenters. The number of benzene rings is 1. The van der Waals surface area contributed by atoms with Gasteiger partial charge >= 0.3 is 6.18 Å². The van der Waals surface area contributed by atoms with Crippen LogP contribution in [0.3, 0.4) is 0 Å². The third-order valence-corrected chi connectivity index (χ3v) is 3.62. The van der Waals surface area contributed by atoms with Crippen molar-refractivity contribution in [2.45, 2.75) is 19.0 Å². The number of rotatable bonds is 5. The molecule has 1 aromatic heterocycles. The van der Waals surface area contributed by atoms with Crippen molar-refractivity contribution in [3.05, 3.63) is 35.2 Å². The van der Waals surface area contributed by atoms with E-state index in [0.717, 1.165) is 17.4 Å². The number of carbonyl (C=O) groups is 1. The topological polar surface area (TPSA) is 68.0 Å². The lowest BCUT2D eigenvalue weighted by molar-refractivity contribution is -0.137. The summed E-state index contributed by atoms with van der Waals surface area (Å²) in [5.74, 6) is -0.254. The number of amides is 1. The van der Waals surface area contributed by atoms with Gasteiger partial charge in [-0.25, -0.2) is 4.98 Å². The van der Waals surface area contributed by atoms with Gasteiger partial charge in [-0.15, -0.1) is 11.3 Å². The maximum absolute atomic E-state index is 13.0. The molecule has 0 fully saturated rings. The van der Waals surface area contributed by atoms with Crippen molar-refractivity contribution in [2.24, 2.45) is 5.73 Å². The smallest absolute Gasteiger partial charge is 0.330 e. The summed E-state index contributed by atoms with van der Waals surface area (Å²) in [5, 5.41) is 4.32. The van der Waals surface area contributed by atoms with Crippen LogP contribution < -0.4 is 11.1 Å². The lowest BCUT2D eigenvalue weighted by Crippen LogP contribution is -2.13. The molecule has 3 N–H and O–H groups in total. The third-order valence-electron chi connectivity index (χ3n) is 2.87. The number of halogens is 3. The van der Waals surface area contributed by atoms with E-state index in [9.17, 15) is 18.0 Å². The first-order valence-electron chi connectivity index (χ1n) is 6.54. The summed E-state index contributed by atoms with van der Waals surface area (Å²) >= 11 is 1.08. The highest BCUT2D eigenvalue weighted by Gasteiger charge is 2.33. The van der Waals surface area contributed by atoms with E-state index < -0.39 is 11.7 Å². The number of nitrogens with one attached hydrogen (secondary N) is 1. The van der Waals surface area contributed by atoms with E-state index >= 15 is 0 Å². The van der Waals surface area contributed by atoms with E-state index in [2.05, 4.69) is 10.3 Å². The molecule has 0 saturated heterocycles. The maximum Gasteiger partial charge on any atom is 0.417 e. The molecule has 4 nitrogen and oxygen atoms in total. The van der Waals surface area contributed by atoms with Gasteiger partial charge < -0.3 is 11.1 Å². The maximum atomic E-state index is 13.0. The Hall–Kier alpha value is -1.93. The fourth-order valence-electron chi connectivity index (χ4n) is 1.85. The summed E-state index contributed by atoms with van der Waals surface area (Å²) in [6.07, 6.45) is -3.66. The minimum atomic E-state index is -4.45. The van der Waals surface area contributed by atoms with Gasteiger partial charge in [0.1, 0.15) is 0 Å². The number of nitrogens with two attached hydrogens (primary N) is 1. The number of carbonyl (C=O) groups excluding carboxylic acids is 1. The predicted molar refractivity (Wildman–Crippen MR) is 79.5 cm³/mol. The minimum absolute atomic E-state index is 0.00583. The minimum Gasteiger partial charge on any atom is -0.330 e. The zero-order valence-corrected chi connectivity index (χ0v) is 12.3. The highest BCUT2D eigenvalue weighted by atomic mass is 32.1. The van der Waals surface area contributed by atoms with E-state index in [1.165, 1.54) is 23.6 Å². The highest BCUT2D eigenvalue weighted by molar-refractivity contribution is 7.14. The van der Waals surface area contributed by atoms with E-state index in [1.807, 2.05) is 0 Å². The van der Waals surface area contributed by atoms with Crippen molar-refractivity contribution in [3.63, 3.8) is 0 Å². The van der Waals surface area contributed by atoms with Crippen LogP contribution in [-0.4, -0.2) is 17.4 Å². The fraction of sp³-hybridized carbons (Fsp3) is 0.286. The average Bonchev–Trinajstić information content (AvgIpc) is 2.92. The van der Waals surface area contributed by atoms with Gasteiger partial charge in [0.25, 0.3) is 0 Å². The molecule has 0 radical (unpaired) electrons. The molecule has 0 aliphatic heterocycles. The quantitative estimate of drug-likeness (QED) is 0.882. The van der Waals surface area contributed by atoms with Gasteiger partial charge in [0.2, 0.25) is 5.91 Å². The number of thiazole rings is 1. The van der Waals surface area contributed by atoms with Crippen molar-refractivity contribution >= 4 is 22.4 Å². The number of hydrogen-bond acceptors (Lipinski definition) is 4. The molecule has 118 valence electrons. The Kier molecular flexibility index (Phi) is 5.15. The van der Waals surface area contributed by atoms with Gasteiger partial charge in [0.15, 0.2) is 5.13 Å². The lowest BCUT2D eigenvalue weighted by Gasteiger charge is -2.10. The van der Waals surface area contributed by atoms with Crippen molar-refractivity contribution in [1.29, 1.82) is 0 Å². The lowest BCUT2D eigenvalue weighted by atomic mass is 10.1. The van der Waals surface area contributed by atoms with Crippen LogP contribution in [-0.2, 0) is 11.0 Å². The number of aromatic nitrogens is 1. The number of hydrogen-bond donors (Lipinski definition) is 2. The Labute approximate surface area is 129 Å². The van der Waals surface area contributed by atoms with Crippen LogP contribution in [0, 0.1) is 0 Å². The van der Waals surface area contributed by atoms with E-state index in [-0.39, 0.29) is 28.7 Å². The largest absolute Gasteiger partial charge is 0.417 e. The Balaban J connectivity index is 2.20. The van der Waals surface area contributed by atoms with Gasteiger partial charge in [-0.1, -0.05) is 18.2 Å².